The molecule has 0 aliphatic carbocycles. The third-order valence-corrected chi connectivity index (χ3v) is 4.43. The molecule has 1 atom stereocenters. The van der Waals surface area contributed by atoms with Crippen LogP contribution in [0.3, 0.4) is 0 Å². The molecule has 1 aromatic rings. The van der Waals surface area contributed by atoms with E-state index in [-0.39, 0.29) is 24.3 Å². The highest BCUT2D eigenvalue weighted by Crippen LogP contribution is 2.22. The number of guanidine groups is 1. The van der Waals surface area contributed by atoms with E-state index in [1.165, 1.54) is 11.0 Å². The number of para-hydroxylation sites is 1. The van der Waals surface area contributed by atoms with Gasteiger partial charge < -0.3 is 25.2 Å². The van der Waals surface area contributed by atoms with Crippen LogP contribution in [-0.4, -0.2) is 76.8 Å². The molecule has 27 heavy (non-hydrogen) atoms. The number of methoxy groups -OCH3 is 1. The highest BCUT2D eigenvalue weighted by atomic mass is 19.1. The third kappa shape index (κ3) is 6.71. The van der Waals surface area contributed by atoms with Crippen molar-refractivity contribution in [2.75, 3.05) is 58.9 Å². The first-order chi connectivity index (χ1) is 13.0. The van der Waals surface area contributed by atoms with E-state index in [1.54, 1.807) is 33.3 Å². The van der Waals surface area contributed by atoms with Crippen molar-refractivity contribution in [2.45, 2.75) is 18.9 Å². The summed E-state index contributed by atoms with van der Waals surface area (Å²) in [5, 5.41) is 6.56. The smallest absolute Gasteiger partial charge is 0.243 e. The molecule has 0 aromatic heterocycles. The number of aliphatic imine (C=N–C) groups is 1. The van der Waals surface area contributed by atoms with E-state index in [4.69, 9.17) is 4.74 Å². The van der Waals surface area contributed by atoms with Crippen LogP contribution < -0.4 is 15.5 Å². The molecule has 0 radical (unpaired) electrons. The lowest BCUT2D eigenvalue weighted by atomic mass is 10.0. The molecule has 150 valence electrons. The Morgan fingerprint density at radius 3 is 2.89 bits per heavy atom. The summed E-state index contributed by atoms with van der Waals surface area (Å²) in [5.74, 6) is 0.295. The van der Waals surface area contributed by atoms with Crippen LogP contribution in [0.15, 0.2) is 29.3 Å². The highest BCUT2D eigenvalue weighted by molar-refractivity contribution is 5.85. The van der Waals surface area contributed by atoms with E-state index in [2.05, 4.69) is 15.6 Å². The molecule has 1 saturated heterocycles. The van der Waals surface area contributed by atoms with Gasteiger partial charge in [0, 0.05) is 46.9 Å². The normalized spacial score (nSPS) is 17.6. The lowest BCUT2D eigenvalue weighted by Gasteiger charge is -2.35. The second-order valence-corrected chi connectivity index (χ2v) is 6.75. The van der Waals surface area contributed by atoms with Gasteiger partial charge in [-0.15, -0.1) is 0 Å². The van der Waals surface area contributed by atoms with Crippen LogP contribution in [-0.2, 0) is 9.53 Å². The minimum Gasteiger partial charge on any atom is -0.383 e. The molecule has 2 rings (SSSR count). The number of hydrogen-bond donors (Lipinski definition) is 2. The molecular formula is C19H30FN5O2. The molecule has 1 aliphatic heterocycles. The topological polar surface area (TPSA) is 69.2 Å². The first-order valence-electron chi connectivity index (χ1n) is 9.24. The van der Waals surface area contributed by atoms with Crippen molar-refractivity contribution in [3.05, 3.63) is 30.1 Å². The number of nitrogens with zero attached hydrogens (tertiary/aromatic N) is 3. The zero-order valence-corrected chi connectivity index (χ0v) is 16.4. The lowest BCUT2D eigenvalue weighted by Crippen LogP contribution is -2.52. The molecular weight excluding hydrogens is 349 g/mol. The standard InChI is InChI=1S/C19H30FN5O2/c1-24(2)18(26)13-22-19(21-10-12-27-3)23-15-7-6-11-25(14-15)17-9-5-4-8-16(17)20/h4-5,8-9,15H,6-7,10-14H2,1-3H3,(H2,21,22,23). The van der Waals surface area contributed by atoms with Crippen LogP contribution in [0.25, 0.3) is 0 Å². The van der Waals surface area contributed by atoms with Gasteiger partial charge in [0.05, 0.1) is 12.3 Å². The van der Waals surface area contributed by atoms with E-state index in [9.17, 15) is 9.18 Å². The van der Waals surface area contributed by atoms with Crippen molar-refractivity contribution in [1.29, 1.82) is 0 Å². The van der Waals surface area contributed by atoms with Gasteiger partial charge >= 0.3 is 0 Å². The summed E-state index contributed by atoms with van der Waals surface area (Å²) in [4.78, 5) is 19.8. The minimum atomic E-state index is -0.207. The van der Waals surface area contributed by atoms with Gasteiger partial charge in [0.25, 0.3) is 0 Å². The van der Waals surface area contributed by atoms with Crippen LogP contribution in [0.2, 0.25) is 0 Å². The summed E-state index contributed by atoms with van der Waals surface area (Å²) >= 11 is 0. The maximum atomic E-state index is 14.1. The number of piperidine rings is 1. The minimum absolute atomic E-state index is 0.0685. The fourth-order valence-corrected chi connectivity index (χ4v) is 2.93. The number of rotatable bonds is 7. The third-order valence-electron chi connectivity index (χ3n) is 4.43. The summed E-state index contributed by atoms with van der Waals surface area (Å²) in [5.41, 5.74) is 0.623. The summed E-state index contributed by atoms with van der Waals surface area (Å²) < 4.78 is 19.2. The Morgan fingerprint density at radius 2 is 2.19 bits per heavy atom. The van der Waals surface area contributed by atoms with Crippen LogP contribution in [0.1, 0.15) is 12.8 Å². The average molecular weight is 379 g/mol. The molecule has 1 aromatic carbocycles. The predicted octanol–water partition coefficient (Wildman–Crippen LogP) is 1.06. The molecule has 0 spiro atoms. The molecule has 7 nitrogen and oxygen atoms in total. The maximum absolute atomic E-state index is 14.1. The summed E-state index contributed by atoms with van der Waals surface area (Å²) in [6, 6.07) is 6.95. The van der Waals surface area contributed by atoms with Crippen LogP contribution >= 0.6 is 0 Å². The van der Waals surface area contributed by atoms with E-state index >= 15 is 0 Å². The predicted molar refractivity (Wildman–Crippen MR) is 106 cm³/mol. The maximum Gasteiger partial charge on any atom is 0.243 e. The second-order valence-electron chi connectivity index (χ2n) is 6.75. The number of ether oxygens (including phenoxy) is 1. The molecule has 1 heterocycles. The van der Waals surface area contributed by atoms with Gasteiger partial charge in [-0.3, -0.25) is 4.79 Å². The zero-order chi connectivity index (χ0) is 19.6. The van der Waals surface area contributed by atoms with Crippen LogP contribution in [0.4, 0.5) is 10.1 Å². The van der Waals surface area contributed by atoms with Crippen molar-refractivity contribution in [1.82, 2.24) is 15.5 Å². The fourth-order valence-electron chi connectivity index (χ4n) is 2.93. The van der Waals surface area contributed by atoms with Crippen molar-refractivity contribution in [3.63, 3.8) is 0 Å². The quantitative estimate of drug-likeness (QED) is 0.421. The van der Waals surface area contributed by atoms with Crippen LogP contribution in [0.5, 0.6) is 0 Å². The number of anilines is 1. The number of nitrogens with one attached hydrogen (secondary N) is 2. The van der Waals surface area contributed by atoms with Gasteiger partial charge in [0.1, 0.15) is 12.4 Å². The molecule has 8 heteroatoms. The summed E-state index contributed by atoms with van der Waals surface area (Å²) in [6.07, 6.45) is 1.91. The molecule has 1 unspecified atom stereocenters. The fraction of sp³-hybridized carbons (Fsp3) is 0.579. The van der Waals surface area contributed by atoms with Gasteiger partial charge in [-0.05, 0) is 25.0 Å². The van der Waals surface area contributed by atoms with E-state index in [1.807, 2.05) is 11.0 Å². The molecule has 0 saturated carbocycles. The molecule has 0 bridgehead atoms. The van der Waals surface area contributed by atoms with Crippen LogP contribution in [0, 0.1) is 5.82 Å². The Labute approximate surface area is 160 Å². The van der Waals surface area contributed by atoms with Gasteiger partial charge in [-0.1, -0.05) is 12.1 Å². The van der Waals surface area contributed by atoms with E-state index in [0.29, 0.717) is 31.3 Å². The molecule has 1 fully saturated rings. The number of hydrogen-bond acceptors (Lipinski definition) is 4. The monoisotopic (exact) mass is 379 g/mol. The van der Waals surface area contributed by atoms with Gasteiger partial charge in [-0.2, -0.15) is 0 Å². The Kier molecular flexibility index (Phi) is 8.32. The Hall–Kier alpha value is -2.35. The van der Waals surface area contributed by atoms with Crippen molar-refractivity contribution in [3.8, 4) is 0 Å². The summed E-state index contributed by atoms with van der Waals surface area (Å²) in [6.45, 7) is 2.69. The number of amides is 1. The molecule has 1 amide bonds. The van der Waals surface area contributed by atoms with Gasteiger partial charge in [0.15, 0.2) is 5.96 Å². The lowest BCUT2D eigenvalue weighted by molar-refractivity contribution is -0.127. The van der Waals surface area contributed by atoms with Gasteiger partial charge in [0.2, 0.25) is 5.91 Å². The first kappa shape index (κ1) is 21.0. The number of halogens is 1. The second kappa shape index (κ2) is 10.7. The van der Waals surface area contributed by atoms with Gasteiger partial charge in [-0.25, -0.2) is 9.38 Å². The SMILES string of the molecule is COCCNC(=NCC(=O)N(C)C)NC1CCCN(c2ccccc2F)C1. The highest BCUT2D eigenvalue weighted by Gasteiger charge is 2.22. The number of likely N-dealkylation sites (N-methyl/N-ethyl adjacent to an activating group) is 1. The summed E-state index contributed by atoms with van der Waals surface area (Å²) in [7, 11) is 5.04. The zero-order valence-electron chi connectivity index (χ0n) is 16.4. The number of carbonyl (C=O) groups excluding carboxylic acids is 1. The van der Waals surface area contributed by atoms with E-state index < -0.39 is 0 Å². The van der Waals surface area contributed by atoms with Crippen molar-refractivity contribution >= 4 is 17.6 Å². The van der Waals surface area contributed by atoms with E-state index in [0.717, 1.165) is 19.4 Å². The van der Waals surface area contributed by atoms with Crippen molar-refractivity contribution in [2.24, 2.45) is 4.99 Å². The Morgan fingerprint density at radius 1 is 1.41 bits per heavy atom. The molecule has 1 aliphatic rings. The average Bonchev–Trinajstić information content (AvgIpc) is 2.66. The number of benzene rings is 1. The molecule has 2 N–H and O–H groups in total. The first-order valence-corrected chi connectivity index (χ1v) is 9.24. The Balaban J connectivity index is 2.00. The Bertz CT molecular complexity index is 638. The van der Waals surface area contributed by atoms with Crippen molar-refractivity contribution < 1.29 is 13.9 Å². The largest absolute Gasteiger partial charge is 0.383 e. The number of carbonyl (C=O) groups is 1.